The second-order valence-corrected chi connectivity index (χ2v) is 6.07. The molecule has 0 amide bonds. The van der Waals surface area contributed by atoms with Crippen molar-refractivity contribution in [1.82, 2.24) is 0 Å². The van der Waals surface area contributed by atoms with E-state index in [4.69, 9.17) is 10.00 Å². The Balaban J connectivity index is 1.54. The molecule has 0 aliphatic carbocycles. The summed E-state index contributed by atoms with van der Waals surface area (Å²) in [7, 11) is 0. The van der Waals surface area contributed by atoms with Gasteiger partial charge in [-0.3, -0.25) is 5.43 Å². The van der Waals surface area contributed by atoms with Crippen molar-refractivity contribution in [3.05, 3.63) is 95.1 Å². The van der Waals surface area contributed by atoms with Crippen LogP contribution >= 0.6 is 0 Å². The molecule has 0 saturated carbocycles. The summed E-state index contributed by atoms with van der Waals surface area (Å²) in [6.07, 6.45) is -2.81. The SMILES string of the molecule is N#Cc1ccccc1COc1ccc(/C=N/Nc2ccc(C(F)(F)F)cc2)cc1. The summed E-state index contributed by atoms with van der Waals surface area (Å²) in [6.45, 7) is 0.284. The third-order valence-corrected chi connectivity index (χ3v) is 4.03. The van der Waals surface area contributed by atoms with E-state index < -0.39 is 11.7 Å². The maximum atomic E-state index is 12.5. The van der Waals surface area contributed by atoms with E-state index in [-0.39, 0.29) is 6.61 Å². The van der Waals surface area contributed by atoms with Crippen molar-refractivity contribution in [2.24, 2.45) is 5.10 Å². The average Bonchev–Trinajstić information content (AvgIpc) is 2.73. The molecule has 0 bridgehead atoms. The van der Waals surface area contributed by atoms with Crippen LogP contribution in [0.2, 0.25) is 0 Å². The average molecular weight is 395 g/mol. The molecule has 3 aromatic carbocycles. The van der Waals surface area contributed by atoms with Gasteiger partial charge in [0.15, 0.2) is 0 Å². The summed E-state index contributed by atoms with van der Waals surface area (Å²) >= 11 is 0. The minimum atomic E-state index is -4.36. The first kappa shape index (κ1) is 20.0. The molecule has 0 spiro atoms. The number of anilines is 1. The van der Waals surface area contributed by atoms with Gasteiger partial charge < -0.3 is 4.74 Å². The van der Waals surface area contributed by atoms with Crippen LogP contribution in [0.15, 0.2) is 77.9 Å². The Morgan fingerprint density at radius 1 is 0.966 bits per heavy atom. The van der Waals surface area contributed by atoms with Crippen molar-refractivity contribution in [2.45, 2.75) is 12.8 Å². The molecule has 0 saturated heterocycles. The van der Waals surface area contributed by atoms with Crippen LogP contribution in [0, 0.1) is 11.3 Å². The predicted molar refractivity (Wildman–Crippen MR) is 105 cm³/mol. The number of nitriles is 1. The molecule has 0 radical (unpaired) electrons. The number of rotatable bonds is 6. The second-order valence-electron chi connectivity index (χ2n) is 6.07. The largest absolute Gasteiger partial charge is 0.489 e. The number of benzene rings is 3. The van der Waals surface area contributed by atoms with Gasteiger partial charge in [0, 0.05) is 5.56 Å². The van der Waals surface area contributed by atoms with Gasteiger partial charge in [-0.15, -0.1) is 0 Å². The lowest BCUT2D eigenvalue weighted by molar-refractivity contribution is -0.137. The maximum Gasteiger partial charge on any atom is 0.416 e. The number of hydrazone groups is 1. The van der Waals surface area contributed by atoms with E-state index in [1.807, 2.05) is 12.1 Å². The number of nitrogens with zero attached hydrogens (tertiary/aromatic N) is 2. The molecular formula is C22H16F3N3O. The lowest BCUT2D eigenvalue weighted by atomic mass is 10.1. The van der Waals surface area contributed by atoms with Crippen LogP contribution in [-0.2, 0) is 12.8 Å². The molecule has 7 heteroatoms. The molecule has 3 aromatic rings. The Bertz CT molecular complexity index is 1020. The topological polar surface area (TPSA) is 57.4 Å². The summed E-state index contributed by atoms with van der Waals surface area (Å²) < 4.78 is 43.3. The van der Waals surface area contributed by atoms with Gasteiger partial charge >= 0.3 is 6.18 Å². The lowest BCUT2D eigenvalue weighted by Crippen LogP contribution is -2.04. The lowest BCUT2D eigenvalue weighted by Gasteiger charge is -2.08. The molecule has 0 fully saturated rings. The normalized spacial score (nSPS) is 11.2. The zero-order chi connectivity index (χ0) is 20.7. The maximum absolute atomic E-state index is 12.5. The predicted octanol–water partition coefficient (Wildman–Crippen LogP) is 5.60. The van der Waals surface area contributed by atoms with Crippen LogP contribution in [0.3, 0.4) is 0 Å². The van der Waals surface area contributed by atoms with Crippen LogP contribution in [0.5, 0.6) is 5.75 Å². The Labute approximate surface area is 165 Å². The first-order chi connectivity index (χ1) is 14.0. The molecule has 0 aromatic heterocycles. The number of hydrogen-bond acceptors (Lipinski definition) is 4. The Kier molecular flexibility index (Phi) is 6.15. The summed E-state index contributed by atoms with van der Waals surface area (Å²) in [5.41, 5.74) is 4.59. The summed E-state index contributed by atoms with van der Waals surface area (Å²) in [5, 5.41) is 13.1. The third kappa shape index (κ3) is 5.59. The van der Waals surface area contributed by atoms with E-state index in [2.05, 4.69) is 16.6 Å². The van der Waals surface area contributed by atoms with Gasteiger partial charge in [0.05, 0.1) is 29.1 Å². The summed E-state index contributed by atoms with van der Waals surface area (Å²) in [4.78, 5) is 0. The van der Waals surface area contributed by atoms with Crippen LogP contribution in [-0.4, -0.2) is 6.21 Å². The fourth-order valence-corrected chi connectivity index (χ4v) is 2.48. The van der Waals surface area contributed by atoms with Gasteiger partial charge in [-0.25, -0.2) is 0 Å². The highest BCUT2D eigenvalue weighted by Gasteiger charge is 2.29. The van der Waals surface area contributed by atoms with E-state index in [1.165, 1.54) is 12.1 Å². The van der Waals surface area contributed by atoms with Crippen molar-refractivity contribution in [2.75, 3.05) is 5.43 Å². The fraction of sp³-hybridized carbons (Fsp3) is 0.0909. The van der Waals surface area contributed by atoms with Crippen molar-refractivity contribution in [3.63, 3.8) is 0 Å². The molecule has 0 atom stereocenters. The van der Waals surface area contributed by atoms with E-state index >= 15 is 0 Å². The molecule has 29 heavy (non-hydrogen) atoms. The monoisotopic (exact) mass is 395 g/mol. The van der Waals surface area contributed by atoms with E-state index in [0.29, 0.717) is 17.0 Å². The Morgan fingerprint density at radius 2 is 1.66 bits per heavy atom. The molecule has 4 nitrogen and oxygen atoms in total. The number of alkyl halides is 3. The van der Waals surface area contributed by atoms with Gasteiger partial charge in [-0.05, 0) is 60.2 Å². The van der Waals surface area contributed by atoms with E-state index in [1.54, 1.807) is 42.6 Å². The summed E-state index contributed by atoms with van der Waals surface area (Å²) in [5.74, 6) is 0.644. The number of nitrogens with one attached hydrogen (secondary N) is 1. The van der Waals surface area contributed by atoms with Gasteiger partial charge in [-0.2, -0.15) is 23.5 Å². The first-order valence-corrected chi connectivity index (χ1v) is 8.63. The van der Waals surface area contributed by atoms with E-state index in [9.17, 15) is 13.2 Å². The Morgan fingerprint density at radius 3 is 2.31 bits per heavy atom. The van der Waals surface area contributed by atoms with Crippen LogP contribution in [0.25, 0.3) is 0 Å². The van der Waals surface area contributed by atoms with Crippen molar-refractivity contribution in [3.8, 4) is 11.8 Å². The standard InChI is InChI=1S/C22H16F3N3O/c23-22(24,25)19-7-9-20(10-8-19)28-27-14-16-5-11-21(12-6-16)29-15-18-4-2-1-3-17(18)13-26/h1-12,14,28H,15H2/b27-14+. The number of hydrogen-bond donors (Lipinski definition) is 1. The highest BCUT2D eigenvalue weighted by molar-refractivity contribution is 5.80. The molecule has 0 aliphatic rings. The molecule has 0 aliphatic heterocycles. The second kappa shape index (κ2) is 8.93. The Hall–Kier alpha value is -3.79. The number of halogens is 3. The smallest absolute Gasteiger partial charge is 0.416 e. The van der Waals surface area contributed by atoms with Gasteiger partial charge in [0.25, 0.3) is 0 Å². The zero-order valence-corrected chi connectivity index (χ0v) is 15.1. The molecule has 146 valence electrons. The molecule has 0 heterocycles. The van der Waals surface area contributed by atoms with Crippen molar-refractivity contribution in [1.29, 1.82) is 5.26 Å². The van der Waals surface area contributed by atoms with Crippen molar-refractivity contribution >= 4 is 11.9 Å². The quantitative estimate of drug-likeness (QED) is 0.436. The first-order valence-electron chi connectivity index (χ1n) is 8.63. The fourth-order valence-electron chi connectivity index (χ4n) is 2.48. The summed E-state index contributed by atoms with van der Waals surface area (Å²) in [6, 6.07) is 21.1. The highest BCUT2D eigenvalue weighted by atomic mass is 19.4. The van der Waals surface area contributed by atoms with Gasteiger partial charge in [0.1, 0.15) is 12.4 Å². The minimum Gasteiger partial charge on any atom is -0.489 e. The highest BCUT2D eigenvalue weighted by Crippen LogP contribution is 2.29. The zero-order valence-electron chi connectivity index (χ0n) is 15.1. The molecule has 1 N–H and O–H groups in total. The van der Waals surface area contributed by atoms with Crippen LogP contribution < -0.4 is 10.2 Å². The van der Waals surface area contributed by atoms with Gasteiger partial charge in [0.2, 0.25) is 0 Å². The minimum absolute atomic E-state index is 0.284. The molecule has 3 rings (SSSR count). The van der Waals surface area contributed by atoms with Crippen molar-refractivity contribution < 1.29 is 17.9 Å². The van der Waals surface area contributed by atoms with Crippen LogP contribution in [0.4, 0.5) is 18.9 Å². The van der Waals surface area contributed by atoms with Crippen LogP contribution in [0.1, 0.15) is 22.3 Å². The van der Waals surface area contributed by atoms with E-state index in [0.717, 1.165) is 23.3 Å². The molecular weight excluding hydrogens is 379 g/mol. The van der Waals surface area contributed by atoms with Gasteiger partial charge in [-0.1, -0.05) is 18.2 Å². The molecule has 0 unspecified atom stereocenters. The number of ether oxygens (including phenoxy) is 1. The third-order valence-electron chi connectivity index (χ3n) is 4.03.